The summed E-state index contributed by atoms with van der Waals surface area (Å²) in [6.45, 7) is 2.61. The molecule has 1 N–H and O–H groups in total. The fourth-order valence-corrected chi connectivity index (χ4v) is 2.98. The number of carbonyl (C=O) groups is 1. The molecule has 128 valence electrons. The predicted octanol–water partition coefficient (Wildman–Crippen LogP) is 2.88. The number of aromatic nitrogens is 2. The van der Waals surface area contributed by atoms with Gasteiger partial charge in [-0.15, -0.1) is 0 Å². The highest BCUT2D eigenvalue weighted by Gasteiger charge is 2.30. The number of hydrogen-bond donors (Lipinski definition) is 1. The lowest BCUT2D eigenvalue weighted by Crippen LogP contribution is -2.41. The van der Waals surface area contributed by atoms with Crippen LogP contribution in [0.4, 0.5) is 13.2 Å². The summed E-state index contributed by atoms with van der Waals surface area (Å²) in [7, 11) is 0. The van der Waals surface area contributed by atoms with Crippen LogP contribution in [-0.4, -0.2) is 21.5 Å². The molecule has 0 spiro atoms. The van der Waals surface area contributed by atoms with E-state index in [2.05, 4.69) is 10.3 Å². The van der Waals surface area contributed by atoms with Gasteiger partial charge in [-0.3, -0.25) is 4.79 Å². The third-order valence-electron chi connectivity index (χ3n) is 4.12. The van der Waals surface area contributed by atoms with Gasteiger partial charge in [-0.2, -0.15) is 13.2 Å². The van der Waals surface area contributed by atoms with Crippen molar-refractivity contribution in [3.05, 3.63) is 53.1 Å². The molecule has 1 atom stereocenters. The molecular formula is C17H18F3N3O. The maximum atomic E-state index is 12.5. The lowest BCUT2D eigenvalue weighted by molar-refractivity contribution is -0.137. The molecule has 1 aliphatic rings. The van der Waals surface area contributed by atoms with E-state index in [1.807, 2.05) is 17.7 Å². The van der Waals surface area contributed by atoms with Crippen LogP contribution >= 0.6 is 0 Å². The standard InChI is InChI=1S/C17H18F3N3O/c1-11-9-23-10-14(6-7-15(23)21-11)22-16(24)8-12-2-4-13(5-3-12)17(18,19)20/h2-5,9,14H,6-8,10H2,1H3,(H,22,24). The lowest BCUT2D eigenvalue weighted by atomic mass is 10.1. The highest BCUT2D eigenvalue weighted by atomic mass is 19.4. The minimum Gasteiger partial charge on any atom is -0.351 e. The van der Waals surface area contributed by atoms with E-state index in [1.54, 1.807) is 0 Å². The maximum absolute atomic E-state index is 12.5. The van der Waals surface area contributed by atoms with Crippen molar-refractivity contribution in [3.8, 4) is 0 Å². The summed E-state index contributed by atoms with van der Waals surface area (Å²) in [5.74, 6) is 0.848. The van der Waals surface area contributed by atoms with Crippen LogP contribution in [0.5, 0.6) is 0 Å². The molecule has 3 rings (SSSR count). The van der Waals surface area contributed by atoms with Crippen LogP contribution in [0, 0.1) is 6.92 Å². The molecule has 0 bridgehead atoms. The highest BCUT2D eigenvalue weighted by Crippen LogP contribution is 2.29. The van der Waals surface area contributed by atoms with E-state index in [0.717, 1.165) is 36.5 Å². The van der Waals surface area contributed by atoms with Crippen molar-refractivity contribution in [2.75, 3.05) is 0 Å². The zero-order valence-corrected chi connectivity index (χ0v) is 13.2. The van der Waals surface area contributed by atoms with E-state index in [0.29, 0.717) is 12.1 Å². The average Bonchev–Trinajstić information content (AvgIpc) is 2.86. The van der Waals surface area contributed by atoms with Crippen LogP contribution in [0.2, 0.25) is 0 Å². The molecule has 4 nitrogen and oxygen atoms in total. The molecule has 1 amide bonds. The first-order valence-corrected chi connectivity index (χ1v) is 7.79. The molecule has 1 aromatic carbocycles. The monoisotopic (exact) mass is 337 g/mol. The van der Waals surface area contributed by atoms with Crippen LogP contribution in [0.25, 0.3) is 0 Å². The average molecular weight is 337 g/mol. The molecular weight excluding hydrogens is 319 g/mol. The van der Waals surface area contributed by atoms with Crippen molar-refractivity contribution in [1.82, 2.24) is 14.9 Å². The van der Waals surface area contributed by atoms with Gasteiger partial charge < -0.3 is 9.88 Å². The summed E-state index contributed by atoms with van der Waals surface area (Å²) in [6, 6.07) is 4.72. The second-order valence-corrected chi connectivity index (χ2v) is 6.13. The van der Waals surface area contributed by atoms with Crippen molar-refractivity contribution in [1.29, 1.82) is 0 Å². The van der Waals surface area contributed by atoms with Crippen molar-refractivity contribution in [2.45, 2.75) is 44.9 Å². The lowest BCUT2D eigenvalue weighted by Gasteiger charge is -2.24. The molecule has 1 unspecified atom stereocenters. The molecule has 0 saturated carbocycles. The van der Waals surface area contributed by atoms with E-state index < -0.39 is 11.7 Å². The molecule has 2 aromatic rings. The molecule has 0 radical (unpaired) electrons. The van der Waals surface area contributed by atoms with Gasteiger partial charge in [0.05, 0.1) is 17.7 Å². The first-order valence-electron chi connectivity index (χ1n) is 7.79. The maximum Gasteiger partial charge on any atom is 0.416 e. The van der Waals surface area contributed by atoms with Gasteiger partial charge in [-0.1, -0.05) is 12.1 Å². The van der Waals surface area contributed by atoms with Crippen molar-refractivity contribution < 1.29 is 18.0 Å². The summed E-state index contributed by atoms with van der Waals surface area (Å²) in [4.78, 5) is 16.5. The highest BCUT2D eigenvalue weighted by molar-refractivity contribution is 5.78. The van der Waals surface area contributed by atoms with Crippen LogP contribution in [0.15, 0.2) is 30.5 Å². The van der Waals surface area contributed by atoms with E-state index in [1.165, 1.54) is 12.1 Å². The quantitative estimate of drug-likeness (QED) is 0.936. The zero-order chi connectivity index (χ0) is 17.3. The van der Waals surface area contributed by atoms with Crippen LogP contribution in [-0.2, 0) is 30.4 Å². The fraction of sp³-hybridized carbons (Fsp3) is 0.412. The molecule has 2 heterocycles. The Morgan fingerprint density at radius 2 is 2.04 bits per heavy atom. The number of carbonyl (C=O) groups excluding carboxylic acids is 1. The number of hydrogen-bond acceptors (Lipinski definition) is 2. The Morgan fingerprint density at radius 3 is 2.71 bits per heavy atom. The first-order chi connectivity index (χ1) is 11.3. The topological polar surface area (TPSA) is 46.9 Å². The number of fused-ring (bicyclic) bond motifs is 1. The molecule has 0 fully saturated rings. The van der Waals surface area contributed by atoms with Crippen molar-refractivity contribution in [3.63, 3.8) is 0 Å². The molecule has 7 heteroatoms. The molecule has 1 aromatic heterocycles. The molecule has 0 saturated heterocycles. The second-order valence-electron chi connectivity index (χ2n) is 6.13. The number of amides is 1. The minimum atomic E-state index is -4.36. The Balaban J connectivity index is 1.56. The summed E-state index contributed by atoms with van der Waals surface area (Å²) >= 11 is 0. The van der Waals surface area contributed by atoms with Gasteiger partial charge in [0, 0.05) is 25.2 Å². The van der Waals surface area contributed by atoms with Crippen LogP contribution in [0.3, 0.4) is 0 Å². The van der Waals surface area contributed by atoms with Gasteiger partial charge in [0.1, 0.15) is 5.82 Å². The number of nitrogens with one attached hydrogen (secondary N) is 1. The summed E-state index contributed by atoms with van der Waals surface area (Å²) in [5.41, 5.74) is 0.819. The number of imidazole rings is 1. The predicted molar refractivity (Wildman–Crippen MR) is 82.4 cm³/mol. The summed E-state index contributed by atoms with van der Waals surface area (Å²) in [6.07, 6.45) is -0.703. The van der Waals surface area contributed by atoms with E-state index >= 15 is 0 Å². The number of nitrogens with zero attached hydrogens (tertiary/aromatic N) is 2. The smallest absolute Gasteiger partial charge is 0.351 e. The van der Waals surface area contributed by atoms with Gasteiger partial charge in [0.25, 0.3) is 0 Å². The van der Waals surface area contributed by atoms with Gasteiger partial charge in [0.15, 0.2) is 0 Å². The van der Waals surface area contributed by atoms with Crippen LogP contribution in [0.1, 0.15) is 29.1 Å². The van der Waals surface area contributed by atoms with Crippen LogP contribution < -0.4 is 5.32 Å². The van der Waals surface area contributed by atoms with Gasteiger partial charge in [0.2, 0.25) is 5.91 Å². The molecule has 0 aliphatic carbocycles. The number of benzene rings is 1. The second kappa shape index (κ2) is 6.30. The Labute approximate surface area is 137 Å². The Hall–Kier alpha value is -2.31. The SMILES string of the molecule is Cc1cn2c(n1)CCC(NC(=O)Cc1ccc(C(F)(F)F)cc1)C2. The molecule has 24 heavy (non-hydrogen) atoms. The summed E-state index contributed by atoms with van der Waals surface area (Å²) in [5, 5.41) is 2.95. The fourth-order valence-electron chi connectivity index (χ4n) is 2.98. The summed E-state index contributed by atoms with van der Waals surface area (Å²) < 4.78 is 39.6. The van der Waals surface area contributed by atoms with Gasteiger partial charge in [-0.05, 0) is 31.0 Å². The largest absolute Gasteiger partial charge is 0.416 e. The van der Waals surface area contributed by atoms with E-state index in [9.17, 15) is 18.0 Å². The van der Waals surface area contributed by atoms with Gasteiger partial charge >= 0.3 is 6.18 Å². The Bertz CT molecular complexity index is 735. The first kappa shape index (κ1) is 16.5. The Kier molecular flexibility index (Phi) is 4.34. The number of rotatable bonds is 3. The minimum absolute atomic E-state index is 0.0213. The van der Waals surface area contributed by atoms with E-state index in [4.69, 9.17) is 0 Å². The zero-order valence-electron chi connectivity index (χ0n) is 13.2. The number of alkyl halides is 3. The number of halogens is 3. The van der Waals surface area contributed by atoms with Crippen molar-refractivity contribution >= 4 is 5.91 Å². The van der Waals surface area contributed by atoms with E-state index in [-0.39, 0.29) is 18.4 Å². The number of aryl methyl sites for hydroxylation is 2. The van der Waals surface area contributed by atoms with Gasteiger partial charge in [-0.25, -0.2) is 4.98 Å². The molecule has 1 aliphatic heterocycles. The third-order valence-corrected chi connectivity index (χ3v) is 4.12. The normalized spacial score (nSPS) is 17.4. The Morgan fingerprint density at radius 1 is 1.33 bits per heavy atom. The van der Waals surface area contributed by atoms with Crippen molar-refractivity contribution in [2.24, 2.45) is 0 Å². The third kappa shape index (κ3) is 3.77.